The second-order valence-electron chi connectivity index (χ2n) is 2.38. The molecule has 0 bridgehead atoms. The van der Waals surface area contributed by atoms with Crippen molar-refractivity contribution in [3.63, 3.8) is 0 Å². The van der Waals surface area contributed by atoms with Crippen molar-refractivity contribution in [3.05, 3.63) is 0 Å². The van der Waals surface area contributed by atoms with Crippen LogP contribution in [0.4, 0.5) is 0 Å². The van der Waals surface area contributed by atoms with Crippen LogP contribution in [-0.2, 0) is 4.84 Å². The van der Waals surface area contributed by atoms with E-state index in [-0.39, 0.29) is 0 Å². The van der Waals surface area contributed by atoms with E-state index in [1.807, 2.05) is 0 Å². The summed E-state index contributed by atoms with van der Waals surface area (Å²) in [5, 5.41) is 1.71. The van der Waals surface area contributed by atoms with Gasteiger partial charge in [0.1, 0.15) is 0 Å². The molecule has 2 nitrogen and oxygen atoms in total. The maximum absolute atomic E-state index is 4.99. The van der Waals surface area contributed by atoms with E-state index in [2.05, 4.69) is 12.0 Å². The molecule has 1 heterocycles. The average molecular weight is 139 g/mol. The van der Waals surface area contributed by atoms with Crippen LogP contribution in [0.1, 0.15) is 25.7 Å². The molecule has 0 aromatic rings. The van der Waals surface area contributed by atoms with E-state index in [0.29, 0.717) is 0 Å². The first kappa shape index (κ1) is 7.43. The summed E-state index contributed by atoms with van der Waals surface area (Å²) in [6, 6.07) is 2.93. The van der Waals surface area contributed by atoms with Crippen molar-refractivity contribution in [3.8, 4) is 12.0 Å². The molecule has 0 aromatic carbocycles. The Morgan fingerprint density at radius 1 is 1.30 bits per heavy atom. The quantitative estimate of drug-likeness (QED) is 0.509. The minimum Gasteiger partial charge on any atom is -0.269 e. The number of hydrogen-bond donors (Lipinski definition) is 0. The fourth-order valence-corrected chi connectivity index (χ4v) is 0.982. The summed E-state index contributed by atoms with van der Waals surface area (Å²) in [4.78, 5) is 4.99. The third-order valence-corrected chi connectivity index (χ3v) is 1.59. The van der Waals surface area contributed by atoms with Crippen LogP contribution >= 0.6 is 0 Å². The Kier molecular flexibility index (Phi) is 3.11. The lowest BCUT2D eigenvalue weighted by Gasteiger charge is -2.14. The summed E-state index contributed by atoms with van der Waals surface area (Å²) >= 11 is 0. The van der Waals surface area contributed by atoms with Gasteiger partial charge in [-0.3, -0.25) is 4.84 Å². The second kappa shape index (κ2) is 4.19. The summed E-state index contributed by atoms with van der Waals surface area (Å²) < 4.78 is 0. The molecular weight excluding hydrogens is 126 g/mol. The standard InChI is InChI=1S/C8H13NO/c1-10-9-7-5-3-2-4-6-8-9/h2-5,7H2,1H3. The van der Waals surface area contributed by atoms with Crippen LogP contribution in [0, 0.1) is 12.0 Å². The first-order valence-electron chi connectivity index (χ1n) is 3.73. The van der Waals surface area contributed by atoms with E-state index in [4.69, 9.17) is 4.84 Å². The van der Waals surface area contributed by atoms with Crippen molar-refractivity contribution >= 4 is 0 Å². The van der Waals surface area contributed by atoms with E-state index in [0.717, 1.165) is 13.0 Å². The molecule has 0 unspecified atom stereocenters. The Hall–Kier alpha value is -0.680. The molecular formula is C8H13NO. The van der Waals surface area contributed by atoms with Crippen LogP contribution in [-0.4, -0.2) is 18.7 Å². The molecule has 0 saturated carbocycles. The van der Waals surface area contributed by atoms with Crippen molar-refractivity contribution in [2.45, 2.75) is 25.7 Å². The zero-order valence-corrected chi connectivity index (χ0v) is 6.39. The molecule has 0 aliphatic carbocycles. The second-order valence-corrected chi connectivity index (χ2v) is 2.38. The van der Waals surface area contributed by atoms with Crippen LogP contribution in [0.15, 0.2) is 0 Å². The fourth-order valence-electron chi connectivity index (χ4n) is 0.982. The van der Waals surface area contributed by atoms with Crippen molar-refractivity contribution in [2.75, 3.05) is 13.7 Å². The Labute approximate surface area is 62.1 Å². The summed E-state index contributed by atoms with van der Waals surface area (Å²) in [6.45, 7) is 0.948. The van der Waals surface area contributed by atoms with Gasteiger partial charge in [-0.1, -0.05) is 12.3 Å². The number of rotatable bonds is 1. The molecule has 0 radical (unpaired) electrons. The van der Waals surface area contributed by atoms with Gasteiger partial charge in [-0.2, -0.15) is 0 Å². The molecule has 10 heavy (non-hydrogen) atoms. The van der Waals surface area contributed by atoms with Gasteiger partial charge >= 0.3 is 0 Å². The van der Waals surface area contributed by atoms with Crippen LogP contribution in [0.5, 0.6) is 0 Å². The predicted molar refractivity (Wildman–Crippen MR) is 40.0 cm³/mol. The lowest BCUT2D eigenvalue weighted by atomic mass is 10.2. The summed E-state index contributed by atoms with van der Waals surface area (Å²) in [5.41, 5.74) is 0. The Morgan fingerprint density at radius 3 is 3.00 bits per heavy atom. The van der Waals surface area contributed by atoms with Gasteiger partial charge in [0.2, 0.25) is 0 Å². The topological polar surface area (TPSA) is 12.5 Å². The largest absolute Gasteiger partial charge is 0.269 e. The van der Waals surface area contributed by atoms with E-state index in [1.165, 1.54) is 19.3 Å². The molecule has 0 spiro atoms. The van der Waals surface area contributed by atoms with E-state index in [9.17, 15) is 0 Å². The van der Waals surface area contributed by atoms with Crippen molar-refractivity contribution in [2.24, 2.45) is 0 Å². The summed E-state index contributed by atoms with van der Waals surface area (Å²) in [6.07, 6.45) is 4.72. The maximum Gasteiger partial charge on any atom is 0.0647 e. The first-order chi connectivity index (χ1) is 4.93. The Bertz CT molecular complexity index is 145. The van der Waals surface area contributed by atoms with Gasteiger partial charge in [-0.15, -0.1) is 0 Å². The molecule has 0 fully saturated rings. The first-order valence-corrected chi connectivity index (χ1v) is 3.73. The molecule has 0 amide bonds. The van der Waals surface area contributed by atoms with Gasteiger partial charge in [0.15, 0.2) is 0 Å². The van der Waals surface area contributed by atoms with Crippen molar-refractivity contribution in [1.29, 1.82) is 0 Å². The predicted octanol–water partition coefficient (Wildman–Crippen LogP) is 1.38. The lowest BCUT2D eigenvalue weighted by molar-refractivity contribution is -0.0779. The van der Waals surface area contributed by atoms with Gasteiger partial charge in [-0.25, -0.2) is 5.06 Å². The maximum atomic E-state index is 4.99. The minimum absolute atomic E-state index is 0.948. The van der Waals surface area contributed by atoms with E-state index in [1.54, 1.807) is 12.2 Å². The molecule has 1 aliphatic heterocycles. The van der Waals surface area contributed by atoms with Crippen LogP contribution in [0.3, 0.4) is 0 Å². The monoisotopic (exact) mass is 139 g/mol. The molecule has 1 rings (SSSR count). The van der Waals surface area contributed by atoms with Crippen LogP contribution < -0.4 is 0 Å². The van der Waals surface area contributed by atoms with Gasteiger partial charge in [0.25, 0.3) is 0 Å². The third kappa shape index (κ3) is 2.28. The zero-order valence-electron chi connectivity index (χ0n) is 6.39. The highest BCUT2D eigenvalue weighted by Crippen LogP contribution is 2.03. The van der Waals surface area contributed by atoms with Gasteiger partial charge < -0.3 is 0 Å². The number of hydrogen-bond acceptors (Lipinski definition) is 2. The number of nitrogens with zero attached hydrogens (tertiary/aromatic N) is 1. The highest BCUT2D eigenvalue weighted by molar-refractivity contribution is 4.96. The van der Waals surface area contributed by atoms with Gasteiger partial charge in [0.05, 0.1) is 13.7 Å². The Balaban J connectivity index is 2.39. The van der Waals surface area contributed by atoms with Gasteiger partial charge in [-0.05, 0) is 12.8 Å². The molecule has 56 valence electrons. The molecule has 0 atom stereocenters. The molecule has 0 N–H and O–H groups in total. The fraction of sp³-hybridized carbons (Fsp3) is 0.750. The minimum atomic E-state index is 0.948. The third-order valence-electron chi connectivity index (χ3n) is 1.59. The lowest BCUT2D eigenvalue weighted by Crippen LogP contribution is -2.18. The Morgan fingerprint density at radius 2 is 2.20 bits per heavy atom. The van der Waals surface area contributed by atoms with Crippen LogP contribution in [0.25, 0.3) is 0 Å². The molecule has 2 heteroatoms. The van der Waals surface area contributed by atoms with Crippen LogP contribution in [0.2, 0.25) is 0 Å². The highest BCUT2D eigenvalue weighted by Gasteiger charge is 1.98. The van der Waals surface area contributed by atoms with E-state index >= 15 is 0 Å². The van der Waals surface area contributed by atoms with Crippen molar-refractivity contribution in [1.82, 2.24) is 5.06 Å². The average Bonchev–Trinajstić information content (AvgIpc) is 1.87. The zero-order chi connectivity index (χ0) is 7.23. The van der Waals surface area contributed by atoms with Gasteiger partial charge in [0, 0.05) is 12.5 Å². The van der Waals surface area contributed by atoms with E-state index < -0.39 is 0 Å². The molecule has 1 aliphatic rings. The summed E-state index contributed by atoms with van der Waals surface area (Å²) in [5.74, 6) is 3.04. The molecule has 0 aromatic heterocycles. The highest BCUT2D eigenvalue weighted by atomic mass is 16.7. The normalized spacial score (nSPS) is 18.7. The smallest absolute Gasteiger partial charge is 0.0647 e. The molecule has 0 saturated heterocycles. The summed E-state index contributed by atoms with van der Waals surface area (Å²) in [7, 11) is 1.66. The number of hydroxylamine groups is 2. The van der Waals surface area contributed by atoms with Crippen molar-refractivity contribution < 1.29 is 4.84 Å². The SMILES string of the molecule is CON1C#CCCCCC1.